The highest BCUT2D eigenvalue weighted by Gasteiger charge is 2.43. The summed E-state index contributed by atoms with van der Waals surface area (Å²) in [5, 5.41) is 20.3. The number of para-hydroxylation sites is 1. The molecule has 1 aromatic carbocycles. The van der Waals surface area contributed by atoms with E-state index in [1.54, 1.807) is 0 Å². The molecule has 106 valence electrons. The molecule has 0 aliphatic heterocycles. The smallest absolute Gasteiger partial charge is 0.507 e. The molecule has 0 spiro atoms. The molecule has 0 aliphatic rings. The summed E-state index contributed by atoms with van der Waals surface area (Å²) in [6.45, 7) is 0.432. The zero-order valence-electron chi connectivity index (χ0n) is 11.1. The Kier molecular flexibility index (Phi) is 4.68. The van der Waals surface area contributed by atoms with Crippen LogP contribution in [0.4, 0.5) is 0 Å². The highest BCUT2D eigenvalue weighted by molar-refractivity contribution is 7.61. The first kappa shape index (κ1) is 15.6. The maximum atomic E-state index is 12.3. The maximum absolute atomic E-state index is 12.3. The summed E-state index contributed by atoms with van der Waals surface area (Å²) in [6, 6.07) is 5.45. The van der Waals surface area contributed by atoms with Gasteiger partial charge in [0, 0.05) is 0 Å². The minimum Gasteiger partial charge on any atom is -0.507 e. The fraction of sp³-hybridized carbons (Fsp3) is 0.455. The quantitative estimate of drug-likeness (QED) is 0.368. The Balaban J connectivity index is 2.97. The largest absolute Gasteiger partial charge is 0.543 e. The fourth-order valence-corrected chi connectivity index (χ4v) is 2.72. The Bertz CT molecular complexity index is 512. The highest BCUT2D eigenvalue weighted by atomic mass is 31.2. The number of nitro groups is 1. The molecule has 0 heterocycles. The number of nitrogens with zero attached hydrogens (tertiary/aromatic N) is 2. The first-order valence-electron chi connectivity index (χ1n) is 5.65. The third kappa shape index (κ3) is 4.02. The van der Waals surface area contributed by atoms with Crippen LogP contribution in [0.15, 0.2) is 24.3 Å². The molecule has 1 rings (SSSR count). The summed E-state index contributed by atoms with van der Waals surface area (Å²) >= 11 is 0. The zero-order valence-corrected chi connectivity index (χ0v) is 12.0. The topological polar surface area (TPSA) is 89.7 Å². The minimum atomic E-state index is -4.31. The van der Waals surface area contributed by atoms with Crippen LogP contribution in [0.1, 0.15) is 0 Å². The van der Waals surface area contributed by atoms with Gasteiger partial charge in [0.15, 0.2) is 5.30 Å². The van der Waals surface area contributed by atoms with Crippen LogP contribution in [0, 0.1) is 10.1 Å². The molecular formula is C11H18N2O5P+. The van der Waals surface area contributed by atoms with Crippen molar-refractivity contribution in [3.63, 3.8) is 0 Å². The molecule has 0 radical (unpaired) electrons. The summed E-state index contributed by atoms with van der Waals surface area (Å²) in [6.07, 6.45) is 0. The van der Waals surface area contributed by atoms with E-state index in [0.717, 1.165) is 0 Å². The van der Waals surface area contributed by atoms with Crippen molar-refractivity contribution >= 4 is 12.8 Å². The number of hydrogen-bond acceptors (Lipinski definition) is 5. The Labute approximate surface area is 111 Å². The van der Waals surface area contributed by atoms with Gasteiger partial charge in [-0.3, -0.25) is 14.6 Å². The molecule has 0 aliphatic carbocycles. The number of phenolic OH excluding ortho intramolecular Hbond substituents is 1. The highest BCUT2D eigenvalue weighted by Crippen LogP contribution is 2.47. The Morgan fingerprint density at radius 1 is 1.37 bits per heavy atom. The lowest BCUT2D eigenvalue weighted by Crippen LogP contribution is -2.37. The summed E-state index contributed by atoms with van der Waals surface area (Å²) < 4.78 is 16.9. The second kappa shape index (κ2) is 5.69. The van der Waals surface area contributed by atoms with E-state index < -0.39 is 18.0 Å². The molecule has 0 fully saturated rings. The van der Waals surface area contributed by atoms with Gasteiger partial charge < -0.3 is 9.59 Å². The van der Waals surface area contributed by atoms with E-state index >= 15 is 0 Å². The molecule has 7 nitrogen and oxygen atoms in total. The van der Waals surface area contributed by atoms with E-state index in [-0.39, 0.29) is 11.9 Å². The fourth-order valence-electron chi connectivity index (χ4n) is 1.35. The number of aromatic hydroxyl groups is 1. The second-order valence-corrected chi connectivity index (χ2v) is 7.20. The molecule has 1 aromatic rings. The van der Waals surface area contributed by atoms with Crippen LogP contribution in [0.3, 0.4) is 0 Å². The lowest BCUT2D eigenvalue weighted by molar-refractivity contribution is -0.870. The molecule has 8 heteroatoms. The molecule has 0 saturated heterocycles. The van der Waals surface area contributed by atoms with E-state index in [0.29, 0.717) is 11.0 Å². The van der Waals surface area contributed by atoms with Gasteiger partial charge in [-0.05, 0) is 12.1 Å². The molecule has 0 aromatic heterocycles. The zero-order chi connectivity index (χ0) is 14.7. The van der Waals surface area contributed by atoms with Crippen LogP contribution in [-0.2, 0) is 9.09 Å². The Hall–Kier alpha value is -1.43. The SMILES string of the molecule is C[N+](C)(C)CCOP(=O)(c1ccccc1O)[N+](=O)[O-]. The molecular weight excluding hydrogens is 271 g/mol. The van der Waals surface area contributed by atoms with E-state index in [1.807, 2.05) is 21.1 Å². The normalized spacial score (nSPS) is 14.9. The first-order chi connectivity index (χ1) is 8.67. The van der Waals surface area contributed by atoms with Gasteiger partial charge in [0.05, 0.1) is 25.8 Å². The van der Waals surface area contributed by atoms with E-state index in [9.17, 15) is 19.8 Å². The average Bonchev–Trinajstić information content (AvgIpc) is 2.27. The first-order valence-corrected chi connectivity index (χ1v) is 7.23. The van der Waals surface area contributed by atoms with Crippen LogP contribution in [0.25, 0.3) is 0 Å². The second-order valence-electron chi connectivity index (χ2n) is 5.09. The number of quaternary nitrogens is 1. The molecule has 0 bridgehead atoms. The lowest BCUT2D eigenvalue weighted by atomic mass is 10.3. The predicted molar refractivity (Wildman–Crippen MR) is 71.2 cm³/mol. The predicted octanol–water partition coefficient (Wildman–Crippen LogP) is 1.21. The molecule has 1 N–H and O–H groups in total. The van der Waals surface area contributed by atoms with Gasteiger partial charge in [0.1, 0.15) is 18.9 Å². The Morgan fingerprint density at radius 2 is 1.95 bits per heavy atom. The number of rotatable bonds is 6. The molecule has 19 heavy (non-hydrogen) atoms. The molecule has 1 unspecified atom stereocenters. The van der Waals surface area contributed by atoms with Gasteiger partial charge in [-0.2, -0.15) is 0 Å². The van der Waals surface area contributed by atoms with Crippen molar-refractivity contribution in [2.75, 3.05) is 34.3 Å². The molecule has 0 amide bonds. The van der Waals surface area contributed by atoms with Crippen LogP contribution >= 0.6 is 7.52 Å². The van der Waals surface area contributed by atoms with Crippen molar-refractivity contribution in [2.24, 2.45) is 0 Å². The summed E-state index contributed by atoms with van der Waals surface area (Å²) in [5.41, 5.74) is 0. The van der Waals surface area contributed by atoms with Crippen LogP contribution in [0.5, 0.6) is 5.75 Å². The van der Waals surface area contributed by atoms with Crippen molar-refractivity contribution < 1.29 is 23.4 Å². The number of hydrogen-bond donors (Lipinski definition) is 1. The van der Waals surface area contributed by atoms with Crippen LogP contribution in [0.2, 0.25) is 0 Å². The van der Waals surface area contributed by atoms with Gasteiger partial charge in [-0.1, -0.05) is 12.1 Å². The van der Waals surface area contributed by atoms with Gasteiger partial charge in [0.2, 0.25) is 0 Å². The maximum Gasteiger partial charge on any atom is 0.543 e. The average molecular weight is 289 g/mol. The third-order valence-electron chi connectivity index (χ3n) is 2.43. The summed E-state index contributed by atoms with van der Waals surface area (Å²) in [5.74, 6) is -0.396. The van der Waals surface area contributed by atoms with E-state index in [1.165, 1.54) is 24.3 Å². The van der Waals surface area contributed by atoms with Crippen molar-refractivity contribution in [3.8, 4) is 5.75 Å². The van der Waals surface area contributed by atoms with Gasteiger partial charge in [0.25, 0.3) is 0 Å². The molecule has 1 atom stereocenters. The Morgan fingerprint density at radius 3 is 2.42 bits per heavy atom. The third-order valence-corrected chi connectivity index (χ3v) is 4.38. The van der Waals surface area contributed by atoms with Gasteiger partial charge >= 0.3 is 7.52 Å². The monoisotopic (exact) mass is 289 g/mol. The summed E-state index contributed by atoms with van der Waals surface area (Å²) in [7, 11) is 1.36. The number of likely N-dealkylation sites (N-methyl/N-ethyl adjacent to an activating group) is 1. The van der Waals surface area contributed by atoms with Crippen molar-refractivity contribution in [1.29, 1.82) is 0 Å². The van der Waals surface area contributed by atoms with Crippen molar-refractivity contribution in [2.45, 2.75) is 0 Å². The van der Waals surface area contributed by atoms with Crippen molar-refractivity contribution in [3.05, 3.63) is 34.4 Å². The number of phenols is 1. The van der Waals surface area contributed by atoms with Gasteiger partial charge in [-0.15, -0.1) is 0 Å². The van der Waals surface area contributed by atoms with Crippen molar-refractivity contribution in [1.82, 2.24) is 0 Å². The van der Waals surface area contributed by atoms with E-state index in [2.05, 4.69) is 0 Å². The van der Waals surface area contributed by atoms with Gasteiger partial charge in [-0.25, -0.2) is 4.57 Å². The summed E-state index contributed by atoms with van der Waals surface area (Å²) in [4.78, 5) is 11.0. The standard InChI is InChI=1S/C11H17N2O5P/c1-13(2,3)8-9-18-19(17,12(15)16)11-7-5-4-6-10(11)14/h4-7H,8-9H2,1-3H3/p+1. The van der Waals surface area contributed by atoms with E-state index in [4.69, 9.17) is 4.52 Å². The van der Waals surface area contributed by atoms with Crippen LogP contribution in [-0.4, -0.2) is 48.6 Å². The molecule has 0 saturated carbocycles. The minimum absolute atomic E-state index is 0.0317. The van der Waals surface area contributed by atoms with Crippen LogP contribution < -0.4 is 5.30 Å². The lowest BCUT2D eigenvalue weighted by Gasteiger charge is -2.23. The number of benzene rings is 1.